The number of hydrogen-bond acceptors (Lipinski definition) is 4. The molecule has 0 bridgehead atoms. The maximum atomic E-state index is 12.5. The molecule has 0 aromatic carbocycles. The Kier molecular flexibility index (Phi) is 4.30. The lowest BCUT2D eigenvalue weighted by atomic mass is 10.1. The predicted molar refractivity (Wildman–Crippen MR) is 75.5 cm³/mol. The highest BCUT2D eigenvalue weighted by Gasteiger charge is 2.22. The average Bonchev–Trinajstić information content (AvgIpc) is 2.53. The summed E-state index contributed by atoms with van der Waals surface area (Å²) in [5.41, 5.74) is 1.43. The van der Waals surface area contributed by atoms with Gasteiger partial charge >= 0.3 is 0 Å². The molecular weight excluding hydrogens is 254 g/mol. The third-order valence-corrected chi connectivity index (χ3v) is 3.26. The summed E-state index contributed by atoms with van der Waals surface area (Å²) in [7, 11) is 3.26. The van der Waals surface area contributed by atoms with Gasteiger partial charge in [-0.3, -0.25) is 9.78 Å². The van der Waals surface area contributed by atoms with Crippen LogP contribution >= 0.6 is 0 Å². The molecule has 2 aromatic rings. The van der Waals surface area contributed by atoms with Crippen molar-refractivity contribution >= 4 is 5.91 Å². The van der Waals surface area contributed by atoms with E-state index < -0.39 is 0 Å². The first-order valence-electron chi connectivity index (χ1n) is 6.31. The highest BCUT2D eigenvalue weighted by molar-refractivity contribution is 5.96. The highest BCUT2D eigenvalue weighted by atomic mass is 16.5. The van der Waals surface area contributed by atoms with Crippen LogP contribution in [0.3, 0.4) is 0 Å². The molecule has 5 heteroatoms. The smallest absolute Gasteiger partial charge is 0.259 e. The molecule has 2 heterocycles. The van der Waals surface area contributed by atoms with E-state index in [0.717, 1.165) is 5.56 Å². The van der Waals surface area contributed by atoms with Crippen molar-refractivity contribution in [2.45, 2.75) is 13.0 Å². The van der Waals surface area contributed by atoms with Crippen molar-refractivity contribution in [1.82, 2.24) is 14.9 Å². The van der Waals surface area contributed by atoms with Crippen LogP contribution in [0.2, 0.25) is 0 Å². The standard InChI is InChI=1S/C15H17N3O2/c1-11(12-6-4-8-16-10-12)18(2)15(19)13-7-5-9-17-14(13)20-3/h4-11H,1-3H3. The molecule has 1 unspecified atom stereocenters. The molecule has 2 rings (SSSR count). The molecule has 0 radical (unpaired) electrons. The lowest BCUT2D eigenvalue weighted by Gasteiger charge is -2.25. The van der Waals surface area contributed by atoms with E-state index in [1.165, 1.54) is 7.11 Å². The number of amides is 1. The fourth-order valence-corrected chi connectivity index (χ4v) is 1.93. The number of aromatic nitrogens is 2. The molecule has 20 heavy (non-hydrogen) atoms. The Labute approximate surface area is 118 Å². The van der Waals surface area contributed by atoms with Gasteiger partial charge in [-0.05, 0) is 30.7 Å². The van der Waals surface area contributed by atoms with Crippen LogP contribution in [0.5, 0.6) is 5.88 Å². The lowest BCUT2D eigenvalue weighted by Crippen LogP contribution is -2.30. The van der Waals surface area contributed by atoms with Crippen LogP contribution in [-0.2, 0) is 0 Å². The third-order valence-electron chi connectivity index (χ3n) is 3.26. The van der Waals surface area contributed by atoms with Gasteiger partial charge in [0.15, 0.2) is 0 Å². The Morgan fingerprint density at radius 3 is 2.70 bits per heavy atom. The van der Waals surface area contributed by atoms with Crippen molar-refractivity contribution in [3.05, 3.63) is 54.0 Å². The predicted octanol–water partition coefficient (Wildman–Crippen LogP) is 2.32. The fraction of sp³-hybridized carbons (Fsp3) is 0.267. The molecule has 0 aliphatic heterocycles. The Hall–Kier alpha value is -2.43. The number of carbonyl (C=O) groups is 1. The van der Waals surface area contributed by atoms with Crippen LogP contribution in [0, 0.1) is 0 Å². The highest BCUT2D eigenvalue weighted by Crippen LogP contribution is 2.22. The monoisotopic (exact) mass is 271 g/mol. The van der Waals surface area contributed by atoms with Crippen LogP contribution in [0.4, 0.5) is 0 Å². The van der Waals surface area contributed by atoms with Gasteiger partial charge in [-0.2, -0.15) is 0 Å². The zero-order valence-electron chi connectivity index (χ0n) is 11.8. The zero-order chi connectivity index (χ0) is 14.5. The van der Waals surface area contributed by atoms with Crippen molar-refractivity contribution < 1.29 is 9.53 Å². The number of nitrogens with zero attached hydrogens (tertiary/aromatic N) is 3. The summed E-state index contributed by atoms with van der Waals surface area (Å²) in [5.74, 6) is 0.203. The molecule has 2 aromatic heterocycles. The number of methoxy groups -OCH3 is 1. The zero-order valence-corrected chi connectivity index (χ0v) is 11.8. The normalized spacial score (nSPS) is 11.8. The Bertz CT molecular complexity index is 587. The topological polar surface area (TPSA) is 55.3 Å². The van der Waals surface area contributed by atoms with Gasteiger partial charge in [0.1, 0.15) is 5.56 Å². The summed E-state index contributed by atoms with van der Waals surface area (Å²) >= 11 is 0. The van der Waals surface area contributed by atoms with E-state index in [9.17, 15) is 4.79 Å². The largest absolute Gasteiger partial charge is 0.480 e. The molecule has 0 aliphatic rings. The SMILES string of the molecule is COc1ncccc1C(=O)N(C)C(C)c1cccnc1. The third kappa shape index (κ3) is 2.77. The summed E-state index contributed by atoms with van der Waals surface area (Å²) in [6, 6.07) is 7.15. The second-order valence-electron chi connectivity index (χ2n) is 4.44. The minimum Gasteiger partial charge on any atom is -0.480 e. The van der Waals surface area contributed by atoms with Gasteiger partial charge in [0, 0.05) is 25.6 Å². The Morgan fingerprint density at radius 1 is 1.30 bits per heavy atom. The van der Waals surface area contributed by atoms with E-state index in [-0.39, 0.29) is 11.9 Å². The molecule has 0 fully saturated rings. The van der Waals surface area contributed by atoms with Gasteiger partial charge in [0.25, 0.3) is 5.91 Å². The molecule has 0 N–H and O–H groups in total. The summed E-state index contributed by atoms with van der Waals surface area (Å²) < 4.78 is 5.13. The summed E-state index contributed by atoms with van der Waals surface area (Å²) in [6.07, 6.45) is 5.07. The summed E-state index contributed by atoms with van der Waals surface area (Å²) in [6.45, 7) is 1.96. The number of carbonyl (C=O) groups excluding carboxylic acids is 1. The number of pyridine rings is 2. The van der Waals surface area contributed by atoms with Crippen LogP contribution in [0.1, 0.15) is 28.9 Å². The van der Waals surface area contributed by atoms with Crippen molar-refractivity contribution in [1.29, 1.82) is 0 Å². The summed E-state index contributed by atoms with van der Waals surface area (Å²) in [5, 5.41) is 0. The molecule has 104 valence electrons. The number of rotatable bonds is 4. The quantitative estimate of drug-likeness (QED) is 0.856. The van der Waals surface area contributed by atoms with E-state index >= 15 is 0 Å². The van der Waals surface area contributed by atoms with E-state index in [1.807, 2.05) is 19.1 Å². The molecule has 1 atom stereocenters. The fourth-order valence-electron chi connectivity index (χ4n) is 1.93. The maximum Gasteiger partial charge on any atom is 0.259 e. The van der Waals surface area contributed by atoms with Crippen molar-refractivity contribution in [3.8, 4) is 5.88 Å². The molecular formula is C15H17N3O2. The van der Waals surface area contributed by atoms with Crippen molar-refractivity contribution in [2.24, 2.45) is 0 Å². The van der Waals surface area contributed by atoms with E-state index in [0.29, 0.717) is 11.4 Å². The van der Waals surface area contributed by atoms with Gasteiger partial charge in [0.05, 0.1) is 13.2 Å². The second-order valence-corrected chi connectivity index (χ2v) is 4.44. The van der Waals surface area contributed by atoms with Crippen LogP contribution < -0.4 is 4.74 Å². The average molecular weight is 271 g/mol. The first-order chi connectivity index (χ1) is 9.65. The summed E-state index contributed by atoms with van der Waals surface area (Å²) in [4.78, 5) is 22.3. The van der Waals surface area contributed by atoms with Gasteiger partial charge in [-0.25, -0.2) is 4.98 Å². The minimum atomic E-state index is -0.133. The molecule has 0 spiro atoms. The van der Waals surface area contributed by atoms with Crippen molar-refractivity contribution in [2.75, 3.05) is 14.2 Å². The maximum absolute atomic E-state index is 12.5. The molecule has 0 saturated heterocycles. The first-order valence-corrected chi connectivity index (χ1v) is 6.31. The van der Waals surface area contributed by atoms with Crippen LogP contribution in [-0.4, -0.2) is 34.9 Å². The van der Waals surface area contributed by atoms with E-state index in [2.05, 4.69) is 9.97 Å². The Balaban J connectivity index is 2.24. The van der Waals surface area contributed by atoms with Gasteiger partial charge < -0.3 is 9.64 Å². The van der Waals surface area contributed by atoms with E-state index in [4.69, 9.17) is 4.74 Å². The molecule has 0 aliphatic carbocycles. The molecule has 0 saturated carbocycles. The lowest BCUT2D eigenvalue weighted by molar-refractivity contribution is 0.0738. The minimum absolute atomic E-state index is 0.0823. The van der Waals surface area contributed by atoms with Gasteiger partial charge in [-0.1, -0.05) is 6.07 Å². The molecule has 1 amide bonds. The molecule has 5 nitrogen and oxygen atoms in total. The van der Waals surface area contributed by atoms with Crippen LogP contribution in [0.25, 0.3) is 0 Å². The first kappa shape index (κ1) is 14.0. The van der Waals surface area contributed by atoms with Gasteiger partial charge in [0.2, 0.25) is 5.88 Å². The van der Waals surface area contributed by atoms with E-state index in [1.54, 1.807) is 42.7 Å². The Morgan fingerprint density at radius 2 is 2.05 bits per heavy atom. The number of ether oxygens (including phenoxy) is 1. The number of hydrogen-bond donors (Lipinski definition) is 0. The van der Waals surface area contributed by atoms with Crippen molar-refractivity contribution in [3.63, 3.8) is 0 Å². The second kappa shape index (κ2) is 6.14. The van der Waals surface area contributed by atoms with Crippen LogP contribution in [0.15, 0.2) is 42.9 Å². The van der Waals surface area contributed by atoms with Gasteiger partial charge in [-0.15, -0.1) is 0 Å².